The van der Waals surface area contributed by atoms with Crippen molar-refractivity contribution in [3.63, 3.8) is 0 Å². The fraction of sp³-hybridized carbons (Fsp3) is 0.529. The average Bonchev–Trinajstić information content (AvgIpc) is 2.51. The fourth-order valence-corrected chi connectivity index (χ4v) is 3.13. The zero-order valence-electron chi connectivity index (χ0n) is 13.4. The van der Waals surface area contributed by atoms with Crippen LogP contribution in [0.5, 0.6) is 0 Å². The number of halogens is 1. The molecular weight excluding hydrogens is 318 g/mol. The van der Waals surface area contributed by atoms with Gasteiger partial charge in [0.2, 0.25) is 0 Å². The zero-order chi connectivity index (χ0) is 17.0. The van der Waals surface area contributed by atoms with Gasteiger partial charge in [-0.25, -0.2) is 0 Å². The second-order valence-corrected chi connectivity index (χ2v) is 6.43. The van der Waals surface area contributed by atoms with E-state index in [-0.39, 0.29) is 18.4 Å². The van der Waals surface area contributed by atoms with Crippen LogP contribution in [-0.2, 0) is 9.53 Å². The molecule has 1 amide bonds. The molecule has 1 aromatic rings. The van der Waals surface area contributed by atoms with Gasteiger partial charge in [0.1, 0.15) is 0 Å². The normalized spacial score (nSPS) is 16.8. The van der Waals surface area contributed by atoms with Crippen LogP contribution in [0.4, 0.5) is 0 Å². The van der Waals surface area contributed by atoms with Crippen LogP contribution in [0.1, 0.15) is 34.3 Å². The third-order valence-electron chi connectivity index (χ3n) is 4.46. The quantitative estimate of drug-likeness (QED) is 0.865. The summed E-state index contributed by atoms with van der Waals surface area (Å²) in [4.78, 5) is 23.8. The molecule has 1 aliphatic rings. The summed E-state index contributed by atoms with van der Waals surface area (Å²) in [6.07, 6.45) is 1.41. The molecule has 1 atom stereocenters. The third kappa shape index (κ3) is 4.45. The van der Waals surface area contributed by atoms with Crippen molar-refractivity contribution in [3.05, 3.63) is 33.8 Å². The Kier molecular flexibility index (Phi) is 6.02. The number of nitrogens with one attached hydrogen (secondary N) is 1. The van der Waals surface area contributed by atoms with Crippen LogP contribution >= 0.6 is 11.6 Å². The molecule has 0 saturated carbocycles. The van der Waals surface area contributed by atoms with Crippen molar-refractivity contribution in [1.29, 1.82) is 0 Å². The summed E-state index contributed by atoms with van der Waals surface area (Å²) in [7, 11) is 0. The van der Waals surface area contributed by atoms with Gasteiger partial charge in [0.25, 0.3) is 5.91 Å². The van der Waals surface area contributed by atoms with E-state index in [2.05, 4.69) is 5.32 Å². The summed E-state index contributed by atoms with van der Waals surface area (Å²) < 4.78 is 5.27. The van der Waals surface area contributed by atoms with E-state index in [1.165, 1.54) is 0 Å². The molecule has 0 spiro atoms. The number of aryl methyl sites for hydroxylation is 2. The lowest BCUT2D eigenvalue weighted by Gasteiger charge is -2.27. The highest BCUT2D eigenvalue weighted by Crippen LogP contribution is 2.24. The largest absolute Gasteiger partial charge is 0.481 e. The molecule has 6 heteroatoms. The maximum absolute atomic E-state index is 12.3. The predicted molar refractivity (Wildman–Crippen MR) is 87.9 cm³/mol. The highest BCUT2D eigenvalue weighted by atomic mass is 35.5. The third-order valence-corrected chi connectivity index (χ3v) is 4.78. The molecule has 1 unspecified atom stereocenters. The van der Waals surface area contributed by atoms with E-state index in [4.69, 9.17) is 16.3 Å². The first-order valence-electron chi connectivity index (χ1n) is 7.75. The van der Waals surface area contributed by atoms with Crippen LogP contribution in [0.25, 0.3) is 0 Å². The molecule has 0 aromatic heterocycles. The lowest BCUT2D eigenvalue weighted by atomic mass is 9.86. The molecule has 126 valence electrons. The van der Waals surface area contributed by atoms with E-state index < -0.39 is 11.9 Å². The number of carboxylic acids is 1. The highest BCUT2D eigenvalue weighted by molar-refractivity contribution is 6.34. The Morgan fingerprint density at radius 2 is 1.91 bits per heavy atom. The van der Waals surface area contributed by atoms with Gasteiger partial charge in [-0.15, -0.1) is 0 Å². The zero-order valence-corrected chi connectivity index (χ0v) is 14.2. The number of ether oxygens (including phenoxy) is 1. The second kappa shape index (κ2) is 7.79. The molecule has 2 rings (SSSR count). The Morgan fingerprint density at radius 3 is 2.52 bits per heavy atom. The van der Waals surface area contributed by atoms with Crippen LogP contribution in [0.2, 0.25) is 5.02 Å². The van der Waals surface area contributed by atoms with E-state index in [0.717, 1.165) is 11.1 Å². The van der Waals surface area contributed by atoms with Crippen molar-refractivity contribution < 1.29 is 19.4 Å². The summed E-state index contributed by atoms with van der Waals surface area (Å²) in [6.45, 7) is 5.08. The first kappa shape index (κ1) is 17.8. The Labute approximate surface area is 141 Å². The fourth-order valence-electron chi connectivity index (χ4n) is 2.83. The molecule has 5 nitrogen and oxygen atoms in total. The number of aliphatic carboxylic acids is 1. The summed E-state index contributed by atoms with van der Waals surface area (Å²) in [5.74, 6) is -1.80. The number of rotatable bonds is 5. The number of carbonyl (C=O) groups is 2. The SMILES string of the molecule is Cc1cc(Cl)c(C(=O)NCC(C(=O)O)C2CCOCC2)cc1C. The van der Waals surface area contributed by atoms with Crippen molar-refractivity contribution in [2.24, 2.45) is 11.8 Å². The minimum atomic E-state index is -0.886. The summed E-state index contributed by atoms with van der Waals surface area (Å²) in [6, 6.07) is 3.48. The molecule has 0 radical (unpaired) electrons. The number of carbonyl (C=O) groups excluding carboxylic acids is 1. The summed E-state index contributed by atoms with van der Waals surface area (Å²) >= 11 is 6.13. The van der Waals surface area contributed by atoms with Gasteiger partial charge in [-0.05, 0) is 55.9 Å². The number of hydrogen-bond donors (Lipinski definition) is 2. The molecule has 1 heterocycles. The van der Waals surface area contributed by atoms with Crippen LogP contribution < -0.4 is 5.32 Å². The monoisotopic (exact) mass is 339 g/mol. The van der Waals surface area contributed by atoms with Gasteiger partial charge in [-0.3, -0.25) is 9.59 Å². The van der Waals surface area contributed by atoms with E-state index in [9.17, 15) is 14.7 Å². The molecule has 0 aliphatic carbocycles. The Hall–Kier alpha value is -1.59. The van der Waals surface area contributed by atoms with Gasteiger partial charge in [-0.1, -0.05) is 11.6 Å². The van der Waals surface area contributed by atoms with E-state index >= 15 is 0 Å². The lowest BCUT2D eigenvalue weighted by Crippen LogP contribution is -2.39. The van der Waals surface area contributed by atoms with E-state index in [1.54, 1.807) is 12.1 Å². The van der Waals surface area contributed by atoms with Crippen LogP contribution in [-0.4, -0.2) is 36.7 Å². The maximum Gasteiger partial charge on any atom is 0.308 e. The molecule has 1 aromatic carbocycles. The van der Waals surface area contributed by atoms with Crippen molar-refractivity contribution in [3.8, 4) is 0 Å². The van der Waals surface area contributed by atoms with Crippen molar-refractivity contribution in [1.82, 2.24) is 5.32 Å². The predicted octanol–water partition coefficient (Wildman–Crippen LogP) is 2.81. The standard InChI is InChI=1S/C17H22ClNO4/c1-10-7-13(15(18)8-11(10)2)16(20)19-9-14(17(21)22)12-3-5-23-6-4-12/h7-8,12,14H,3-6,9H2,1-2H3,(H,19,20)(H,21,22). The molecule has 1 aliphatic heterocycles. The van der Waals surface area contributed by atoms with Gasteiger partial charge < -0.3 is 15.2 Å². The van der Waals surface area contributed by atoms with Crippen molar-refractivity contribution in [2.45, 2.75) is 26.7 Å². The maximum atomic E-state index is 12.3. The van der Waals surface area contributed by atoms with Gasteiger partial charge >= 0.3 is 5.97 Å². The molecule has 1 saturated heterocycles. The Balaban J connectivity index is 2.04. The molecule has 1 fully saturated rings. The molecule has 2 N–H and O–H groups in total. The number of carboxylic acid groups (broad SMARTS) is 1. The van der Waals surface area contributed by atoms with Crippen LogP contribution in [0.3, 0.4) is 0 Å². The molecular formula is C17H22ClNO4. The van der Waals surface area contributed by atoms with Crippen molar-refractivity contribution in [2.75, 3.05) is 19.8 Å². The van der Waals surface area contributed by atoms with E-state index in [0.29, 0.717) is 36.6 Å². The Morgan fingerprint density at radius 1 is 1.30 bits per heavy atom. The first-order chi connectivity index (χ1) is 10.9. The number of amides is 1. The van der Waals surface area contributed by atoms with E-state index in [1.807, 2.05) is 13.8 Å². The summed E-state index contributed by atoms with van der Waals surface area (Å²) in [5.41, 5.74) is 2.36. The summed E-state index contributed by atoms with van der Waals surface area (Å²) in [5, 5.41) is 12.5. The second-order valence-electron chi connectivity index (χ2n) is 6.02. The molecule has 0 bridgehead atoms. The lowest BCUT2D eigenvalue weighted by molar-refractivity contribution is -0.144. The number of benzene rings is 1. The number of hydrogen-bond acceptors (Lipinski definition) is 3. The first-order valence-corrected chi connectivity index (χ1v) is 8.13. The minimum absolute atomic E-state index is 0.0248. The average molecular weight is 340 g/mol. The van der Waals surface area contributed by atoms with Gasteiger partial charge in [0, 0.05) is 19.8 Å². The van der Waals surface area contributed by atoms with Crippen molar-refractivity contribution >= 4 is 23.5 Å². The van der Waals surface area contributed by atoms with Crippen LogP contribution in [0.15, 0.2) is 12.1 Å². The molecule has 23 heavy (non-hydrogen) atoms. The highest BCUT2D eigenvalue weighted by Gasteiger charge is 2.30. The van der Waals surface area contributed by atoms with Gasteiger partial charge in [0.05, 0.1) is 16.5 Å². The topological polar surface area (TPSA) is 75.6 Å². The van der Waals surface area contributed by atoms with Gasteiger partial charge in [-0.2, -0.15) is 0 Å². The smallest absolute Gasteiger partial charge is 0.308 e. The Bertz CT molecular complexity index is 597. The minimum Gasteiger partial charge on any atom is -0.481 e. The van der Waals surface area contributed by atoms with Crippen LogP contribution in [0, 0.1) is 25.7 Å². The van der Waals surface area contributed by atoms with Gasteiger partial charge in [0.15, 0.2) is 0 Å².